The van der Waals surface area contributed by atoms with Crippen LogP contribution in [0.3, 0.4) is 0 Å². The van der Waals surface area contributed by atoms with Gasteiger partial charge in [0.15, 0.2) is 0 Å². The number of carboxylic acid groups (broad SMARTS) is 1. The molecule has 0 heterocycles. The van der Waals surface area contributed by atoms with Gasteiger partial charge in [0.25, 0.3) is 0 Å². The highest BCUT2D eigenvalue weighted by Crippen LogP contribution is 2.47. The Morgan fingerprint density at radius 3 is 2.21 bits per heavy atom. The molecule has 0 radical (unpaired) electrons. The smallest absolute Gasteiger partial charge is 0.335 e. The van der Waals surface area contributed by atoms with E-state index in [1.807, 2.05) is 12.1 Å². The summed E-state index contributed by atoms with van der Waals surface area (Å²) in [6, 6.07) is 12.6. The third kappa shape index (κ3) is 2.86. The van der Waals surface area contributed by atoms with Crippen molar-refractivity contribution in [1.29, 1.82) is 0 Å². The van der Waals surface area contributed by atoms with Crippen LogP contribution in [-0.2, 0) is 0 Å². The second-order valence-electron chi connectivity index (χ2n) is 7.66. The van der Waals surface area contributed by atoms with E-state index in [-0.39, 0.29) is 0 Å². The fraction of sp³-hybridized carbons (Fsp3) is 0.409. The first-order valence-electron chi connectivity index (χ1n) is 9.06. The second-order valence-corrected chi connectivity index (χ2v) is 7.66. The summed E-state index contributed by atoms with van der Waals surface area (Å²) in [6.07, 6.45) is 4.98. The zero-order valence-electron chi connectivity index (χ0n) is 14.4. The Kier molecular flexibility index (Phi) is 3.71. The molecule has 24 heavy (non-hydrogen) atoms. The van der Waals surface area contributed by atoms with Gasteiger partial charge < -0.3 is 5.11 Å². The zero-order chi connectivity index (χ0) is 16.8. The van der Waals surface area contributed by atoms with Crippen molar-refractivity contribution < 1.29 is 9.90 Å². The molecule has 0 spiro atoms. The van der Waals surface area contributed by atoms with E-state index in [1.165, 1.54) is 53.5 Å². The van der Waals surface area contributed by atoms with Crippen molar-refractivity contribution in [2.24, 2.45) is 0 Å². The molecule has 0 bridgehead atoms. The van der Waals surface area contributed by atoms with Crippen LogP contribution in [0.15, 0.2) is 36.4 Å². The number of rotatable bonds is 5. The van der Waals surface area contributed by atoms with Gasteiger partial charge in [-0.3, -0.25) is 0 Å². The Morgan fingerprint density at radius 2 is 1.62 bits per heavy atom. The topological polar surface area (TPSA) is 37.3 Å². The van der Waals surface area contributed by atoms with Gasteiger partial charge in [0.1, 0.15) is 0 Å². The van der Waals surface area contributed by atoms with Crippen LogP contribution in [0.4, 0.5) is 0 Å². The van der Waals surface area contributed by atoms with Crippen LogP contribution in [0.25, 0.3) is 11.1 Å². The molecule has 124 valence electrons. The lowest BCUT2D eigenvalue weighted by Crippen LogP contribution is -2.01. The van der Waals surface area contributed by atoms with Gasteiger partial charge in [0, 0.05) is 0 Å². The summed E-state index contributed by atoms with van der Waals surface area (Å²) in [7, 11) is 0. The molecule has 2 aliphatic rings. The average Bonchev–Trinajstić information content (AvgIpc) is 3.46. The van der Waals surface area contributed by atoms with Gasteiger partial charge in [-0.1, -0.05) is 38.1 Å². The summed E-state index contributed by atoms with van der Waals surface area (Å²) in [5, 5.41) is 9.32. The summed E-state index contributed by atoms with van der Waals surface area (Å²) >= 11 is 0. The molecule has 2 aromatic carbocycles. The Balaban J connectivity index is 1.84. The number of carboxylic acids is 1. The first kappa shape index (κ1) is 15.4. The highest BCUT2D eigenvalue weighted by molar-refractivity contribution is 5.89. The van der Waals surface area contributed by atoms with E-state index >= 15 is 0 Å². The predicted octanol–water partition coefficient (Wildman–Crippen LogP) is 5.93. The number of benzene rings is 2. The minimum absolute atomic E-state index is 0.404. The fourth-order valence-electron chi connectivity index (χ4n) is 3.65. The Morgan fingerprint density at radius 1 is 0.958 bits per heavy atom. The molecule has 0 aromatic heterocycles. The van der Waals surface area contributed by atoms with E-state index < -0.39 is 5.97 Å². The number of hydrogen-bond acceptors (Lipinski definition) is 1. The highest BCUT2D eigenvalue weighted by Gasteiger charge is 2.29. The Labute approximate surface area is 143 Å². The predicted molar refractivity (Wildman–Crippen MR) is 96.9 cm³/mol. The fourth-order valence-corrected chi connectivity index (χ4v) is 3.65. The minimum atomic E-state index is -0.836. The van der Waals surface area contributed by atoms with Crippen LogP contribution in [0.1, 0.15) is 84.3 Å². The van der Waals surface area contributed by atoms with Crippen LogP contribution in [-0.4, -0.2) is 11.1 Å². The lowest BCUT2D eigenvalue weighted by atomic mass is 9.86. The van der Waals surface area contributed by atoms with Crippen LogP contribution >= 0.6 is 0 Å². The maximum Gasteiger partial charge on any atom is 0.335 e. The van der Waals surface area contributed by atoms with Crippen LogP contribution < -0.4 is 0 Å². The summed E-state index contributed by atoms with van der Waals surface area (Å²) in [6.45, 7) is 4.50. The molecule has 0 atom stereocenters. The van der Waals surface area contributed by atoms with E-state index in [9.17, 15) is 9.90 Å². The molecule has 1 N–H and O–H groups in total. The Hall–Kier alpha value is -2.09. The van der Waals surface area contributed by atoms with Crippen molar-refractivity contribution in [1.82, 2.24) is 0 Å². The maximum absolute atomic E-state index is 11.3. The van der Waals surface area contributed by atoms with E-state index in [2.05, 4.69) is 32.0 Å². The summed E-state index contributed by atoms with van der Waals surface area (Å²) in [5.74, 6) is 0.915. The van der Waals surface area contributed by atoms with Crippen molar-refractivity contribution in [3.05, 3.63) is 58.7 Å². The number of carbonyl (C=O) groups is 1. The van der Waals surface area contributed by atoms with Crippen molar-refractivity contribution in [2.45, 2.75) is 57.3 Å². The van der Waals surface area contributed by atoms with Crippen LogP contribution in [0.5, 0.6) is 0 Å². The first-order chi connectivity index (χ1) is 11.5. The largest absolute Gasteiger partial charge is 0.478 e. The Bertz CT molecular complexity index is 796. The van der Waals surface area contributed by atoms with Crippen LogP contribution in [0.2, 0.25) is 0 Å². The van der Waals surface area contributed by atoms with Crippen LogP contribution in [0, 0.1) is 0 Å². The van der Waals surface area contributed by atoms with Crippen molar-refractivity contribution in [2.75, 3.05) is 0 Å². The molecule has 2 aliphatic carbocycles. The molecule has 2 aromatic rings. The van der Waals surface area contributed by atoms with E-state index in [0.717, 1.165) is 5.92 Å². The standard InChI is InChI=1S/C22H24O2/c1-13(2)20-11-16(14-3-4-14)7-9-18(20)19-10-8-17(22(23)24)12-21(19)15-5-6-15/h7-15H,3-6H2,1-2H3,(H,23,24). The van der Waals surface area contributed by atoms with E-state index in [0.29, 0.717) is 17.4 Å². The van der Waals surface area contributed by atoms with E-state index in [1.54, 1.807) is 6.07 Å². The van der Waals surface area contributed by atoms with Gasteiger partial charge in [0.05, 0.1) is 5.56 Å². The quantitative estimate of drug-likeness (QED) is 0.741. The maximum atomic E-state index is 11.3. The zero-order valence-corrected chi connectivity index (χ0v) is 14.4. The summed E-state index contributed by atoms with van der Waals surface area (Å²) in [5.41, 5.74) is 7.00. The number of hydrogen-bond donors (Lipinski definition) is 1. The molecule has 0 unspecified atom stereocenters. The van der Waals surface area contributed by atoms with E-state index in [4.69, 9.17) is 0 Å². The molecule has 0 aliphatic heterocycles. The van der Waals surface area contributed by atoms with Gasteiger partial charge in [-0.25, -0.2) is 4.79 Å². The van der Waals surface area contributed by atoms with Crippen molar-refractivity contribution in [3.63, 3.8) is 0 Å². The van der Waals surface area contributed by atoms with Gasteiger partial charge in [0.2, 0.25) is 0 Å². The molecule has 2 heteroatoms. The molecule has 2 nitrogen and oxygen atoms in total. The van der Waals surface area contributed by atoms with Gasteiger partial charge in [-0.05, 0) is 83.4 Å². The summed E-state index contributed by atoms with van der Waals surface area (Å²) < 4.78 is 0. The molecule has 2 saturated carbocycles. The minimum Gasteiger partial charge on any atom is -0.478 e. The highest BCUT2D eigenvalue weighted by atomic mass is 16.4. The molecule has 2 fully saturated rings. The molecule has 0 saturated heterocycles. The van der Waals surface area contributed by atoms with Crippen molar-refractivity contribution >= 4 is 5.97 Å². The number of aromatic carboxylic acids is 1. The molecular formula is C22H24O2. The molecule has 4 rings (SSSR count). The first-order valence-corrected chi connectivity index (χ1v) is 9.06. The summed E-state index contributed by atoms with van der Waals surface area (Å²) in [4.78, 5) is 11.3. The second kappa shape index (κ2) is 5.77. The molecule has 0 amide bonds. The van der Waals surface area contributed by atoms with Gasteiger partial charge in [-0.15, -0.1) is 0 Å². The lowest BCUT2D eigenvalue weighted by Gasteiger charge is -2.18. The molecular weight excluding hydrogens is 296 g/mol. The lowest BCUT2D eigenvalue weighted by molar-refractivity contribution is 0.0697. The normalized spacial score (nSPS) is 17.3. The van der Waals surface area contributed by atoms with Gasteiger partial charge >= 0.3 is 5.97 Å². The van der Waals surface area contributed by atoms with Gasteiger partial charge in [-0.2, -0.15) is 0 Å². The van der Waals surface area contributed by atoms with Crippen molar-refractivity contribution in [3.8, 4) is 11.1 Å². The monoisotopic (exact) mass is 320 g/mol. The SMILES string of the molecule is CC(C)c1cc(C2CC2)ccc1-c1ccc(C(=O)O)cc1C1CC1. The third-order valence-electron chi connectivity index (χ3n) is 5.35. The average molecular weight is 320 g/mol. The third-order valence-corrected chi connectivity index (χ3v) is 5.35.